The van der Waals surface area contributed by atoms with Gasteiger partial charge in [-0.3, -0.25) is 9.69 Å². The summed E-state index contributed by atoms with van der Waals surface area (Å²) in [5, 5.41) is 1.18. The van der Waals surface area contributed by atoms with Crippen LogP contribution in [0.25, 0.3) is 10.9 Å². The zero-order chi connectivity index (χ0) is 17.9. The van der Waals surface area contributed by atoms with Gasteiger partial charge in [0.15, 0.2) is 0 Å². The van der Waals surface area contributed by atoms with Crippen LogP contribution in [0.15, 0.2) is 54.6 Å². The SMILES string of the molecule is Cc1cc2cc(CC(=O)N3CCN(Cc4ccccc4)CC3)ccc2[nH]1. The molecule has 1 aliphatic rings. The summed E-state index contributed by atoms with van der Waals surface area (Å²) in [5.74, 6) is 0.232. The van der Waals surface area contributed by atoms with E-state index in [0.717, 1.165) is 49.5 Å². The van der Waals surface area contributed by atoms with Crippen molar-refractivity contribution in [2.45, 2.75) is 19.9 Å². The molecule has 0 bridgehead atoms. The molecule has 0 saturated carbocycles. The molecule has 3 aromatic rings. The Kier molecular flexibility index (Phi) is 4.76. The van der Waals surface area contributed by atoms with Crippen molar-refractivity contribution in [1.82, 2.24) is 14.8 Å². The molecular weight excluding hydrogens is 322 g/mol. The number of nitrogens with zero attached hydrogens (tertiary/aromatic N) is 2. The Labute approximate surface area is 154 Å². The molecule has 1 fully saturated rings. The van der Waals surface area contributed by atoms with Gasteiger partial charge in [-0.1, -0.05) is 36.4 Å². The van der Waals surface area contributed by atoms with Gasteiger partial charge >= 0.3 is 0 Å². The number of rotatable bonds is 4. The van der Waals surface area contributed by atoms with Gasteiger partial charge in [0, 0.05) is 43.9 Å². The number of carbonyl (C=O) groups excluding carboxylic acids is 1. The summed E-state index contributed by atoms with van der Waals surface area (Å²) >= 11 is 0. The van der Waals surface area contributed by atoms with Crippen molar-refractivity contribution in [2.75, 3.05) is 26.2 Å². The third-order valence-corrected chi connectivity index (χ3v) is 5.15. The molecule has 2 aromatic carbocycles. The van der Waals surface area contributed by atoms with Crippen LogP contribution in [-0.4, -0.2) is 46.9 Å². The number of nitrogens with one attached hydrogen (secondary N) is 1. The Balaban J connectivity index is 1.32. The number of aromatic nitrogens is 1. The number of benzene rings is 2. The fourth-order valence-corrected chi connectivity index (χ4v) is 3.72. The normalized spacial score (nSPS) is 15.5. The molecule has 134 valence electrons. The minimum atomic E-state index is 0.232. The topological polar surface area (TPSA) is 39.3 Å². The first kappa shape index (κ1) is 16.9. The van der Waals surface area contributed by atoms with Crippen LogP contribution in [0, 0.1) is 6.92 Å². The van der Waals surface area contributed by atoms with Crippen LogP contribution in [-0.2, 0) is 17.8 Å². The lowest BCUT2D eigenvalue weighted by molar-refractivity contribution is -0.132. The van der Waals surface area contributed by atoms with E-state index in [0.29, 0.717) is 6.42 Å². The number of carbonyl (C=O) groups is 1. The smallest absolute Gasteiger partial charge is 0.227 e. The number of piperazine rings is 1. The maximum Gasteiger partial charge on any atom is 0.227 e. The second kappa shape index (κ2) is 7.34. The lowest BCUT2D eigenvalue weighted by Crippen LogP contribution is -2.48. The molecule has 1 aromatic heterocycles. The van der Waals surface area contributed by atoms with Crippen LogP contribution in [0.5, 0.6) is 0 Å². The second-order valence-corrected chi connectivity index (χ2v) is 7.19. The fourth-order valence-electron chi connectivity index (χ4n) is 3.72. The first-order valence-corrected chi connectivity index (χ1v) is 9.30. The summed E-state index contributed by atoms with van der Waals surface area (Å²) < 4.78 is 0. The van der Waals surface area contributed by atoms with E-state index in [9.17, 15) is 4.79 Å². The van der Waals surface area contributed by atoms with Crippen LogP contribution < -0.4 is 0 Å². The quantitative estimate of drug-likeness (QED) is 0.786. The highest BCUT2D eigenvalue weighted by Gasteiger charge is 2.21. The Morgan fingerprint density at radius 3 is 2.50 bits per heavy atom. The molecule has 0 atom stereocenters. The predicted octanol–water partition coefficient (Wildman–Crippen LogP) is 3.36. The molecule has 1 saturated heterocycles. The Hall–Kier alpha value is -2.59. The van der Waals surface area contributed by atoms with Gasteiger partial charge in [-0.05, 0) is 41.6 Å². The zero-order valence-corrected chi connectivity index (χ0v) is 15.2. The Morgan fingerprint density at radius 1 is 0.962 bits per heavy atom. The minimum absolute atomic E-state index is 0.232. The maximum absolute atomic E-state index is 12.7. The lowest BCUT2D eigenvalue weighted by Gasteiger charge is -2.34. The van der Waals surface area contributed by atoms with Crippen LogP contribution in [0.2, 0.25) is 0 Å². The van der Waals surface area contributed by atoms with Crippen molar-refractivity contribution in [3.8, 4) is 0 Å². The van der Waals surface area contributed by atoms with E-state index >= 15 is 0 Å². The largest absolute Gasteiger partial charge is 0.359 e. The summed E-state index contributed by atoms with van der Waals surface area (Å²) in [4.78, 5) is 20.4. The molecular formula is C22H25N3O. The number of aromatic amines is 1. The Bertz CT molecular complexity index is 892. The van der Waals surface area contributed by atoms with E-state index in [1.165, 1.54) is 10.9 Å². The number of amides is 1. The van der Waals surface area contributed by atoms with Gasteiger partial charge in [0.25, 0.3) is 0 Å². The number of H-pyrrole nitrogens is 1. The van der Waals surface area contributed by atoms with Crippen molar-refractivity contribution in [3.05, 3.63) is 71.4 Å². The summed E-state index contributed by atoms with van der Waals surface area (Å²) in [5.41, 5.74) is 4.71. The Morgan fingerprint density at radius 2 is 1.73 bits per heavy atom. The highest BCUT2D eigenvalue weighted by molar-refractivity contribution is 5.84. The van der Waals surface area contributed by atoms with Crippen molar-refractivity contribution in [3.63, 3.8) is 0 Å². The van der Waals surface area contributed by atoms with Gasteiger partial charge in [-0.2, -0.15) is 0 Å². The number of hydrogen-bond donors (Lipinski definition) is 1. The molecule has 0 radical (unpaired) electrons. The van der Waals surface area contributed by atoms with Crippen molar-refractivity contribution in [1.29, 1.82) is 0 Å². The summed E-state index contributed by atoms with van der Waals surface area (Å²) in [7, 11) is 0. The molecule has 4 nitrogen and oxygen atoms in total. The summed E-state index contributed by atoms with van der Waals surface area (Å²) in [6.07, 6.45) is 0.485. The molecule has 0 unspecified atom stereocenters. The molecule has 1 amide bonds. The predicted molar refractivity (Wildman–Crippen MR) is 105 cm³/mol. The highest BCUT2D eigenvalue weighted by Crippen LogP contribution is 2.18. The van der Waals surface area contributed by atoms with Crippen LogP contribution in [0.1, 0.15) is 16.8 Å². The third kappa shape index (κ3) is 3.81. The first-order valence-electron chi connectivity index (χ1n) is 9.30. The third-order valence-electron chi connectivity index (χ3n) is 5.15. The molecule has 2 heterocycles. The molecule has 0 aliphatic carbocycles. The fraction of sp³-hybridized carbons (Fsp3) is 0.318. The zero-order valence-electron chi connectivity index (χ0n) is 15.2. The summed E-state index contributed by atoms with van der Waals surface area (Å²) in [6, 6.07) is 18.9. The number of aryl methyl sites for hydroxylation is 1. The molecule has 1 aliphatic heterocycles. The van der Waals surface area contributed by atoms with Gasteiger partial charge < -0.3 is 9.88 Å². The van der Waals surface area contributed by atoms with Crippen molar-refractivity contribution >= 4 is 16.8 Å². The maximum atomic E-state index is 12.7. The number of fused-ring (bicyclic) bond motifs is 1. The number of hydrogen-bond acceptors (Lipinski definition) is 2. The van der Waals surface area contributed by atoms with Crippen LogP contribution in [0.3, 0.4) is 0 Å². The molecule has 0 spiro atoms. The van der Waals surface area contributed by atoms with Gasteiger partial charge in [0.2, 0.25) is 5.91 Å². The van der Waals surface area contributed by atoms with Crippen LogP contribution >= 0.6 is 0 Å². The van der Waals surface area contributed by atoms with Crippen LogP contribution in [0.4, 0.5) is 0 Å². The van der Waals surface area contributed by atoms with E-state index in [1.807, 2.05) is 11.0 Å². The highest BCUT2D eigenvalue weighted by atomic mass is 16.2. The monoisotopic (exact) mass is 347 g/mol. The minimum Gasteiger partial charge on any atom is -0.359 e. The lowest BCUT2D eigenvalue weighted by atomic mass is 10.1. The van der Waals surface area contributed by atoms with Crippen molar-refractivity contribution < 1.29 is 4.79 Å². The van der Waals surface area contributed by atoms with E-state index in [4.69, 9.17) is 0 Å². The van der Waals surface area contributed by atoms with Gasteiger partial charge in [-0.25, -0.2) is 0 Å². The van der Waals surface area contributed by atoms with Gasteiger partial charge in [0.05, 0.1) is 6.42 Å². The van der Waals surface area contributed by atoms with E-state index in [-0.39, 0.29) is 5.91 Å². The molecule has 26 heavy (non-hydrogen) atoms. The van der Waals surface area contributed by atoms with Crippen molar-refractivity contribution in [2.24, 2.45) is 0 Å². The first-order chi connectivity index (χ1) is 12.7. The second-order valence-electron chi connectivity index (χ2n) is 7.19. The van der Waals surface area contributed by atoms with E-state index in [1.54, 1.807) is 0 Å². The molecule has 4 heteroatoms. The van der Waals surface area contributed by atoms with Gasteiger partial charge in [-0.15, -0.1) is 0 Å². The summed E-state index contributed by atoms with van der Waals surface area (Å²) in [6.45, 7) is 6.54. The molecule has 4 rings (SSSR count). The standard InChI is InChI=1S/C22H25N3O/c1-17-13-20-14-19(7-8-21(20)23-17)15-22(26)25-11-9-24(10-12-25)16-18-5-3-2-4-6-18/h2-8,13-14,23H,9-12,15-16H2,1H3. The van der Waals surface area contributed by atoms with Gasteiger partial charge in [0.1, 0.15) is 0 Å². The average molecular weight is 347 g/mol. The molecule has 1 N–H and O–H groups in total. The van der Waals surface area contributed by atoms with E-state index < -0.39 is 0 Å². The average Bonchev–Trinajstić information content (AvgIpc) is 3.02. The van der Waals surface area contributed by atoms with E-state index in [2.05, 4.69) is 65.3 Å².